The normalized spacial score (nSPS) is 11.5. The number of ether oxygens (including phenoxy) is 1. The standard InChI is InChI=1S/C28H26FN6O3P/c1-38-23-11-8-18(29)12-20(23)28(36)33-13-16-4-6-17(7-5-16)25-24-26(34-35-27(24)30)21(15-32-25)22-10-9-19(14-31-22)39(2,3)37/h4-12,14-15H,13H2,1-3H3,(H,33,36)(H3,30,34,35). The average molecular weight is 545 g/mol. The number of amides is 1. The molecule has 0 fully saturated rings. The van der Waals surface area contributed by atoms with Gasteiger partial charge in [-0.15, -0.1) is 0 Å². The van der Waals surface area contributed by atoms with Gasteiger partial charge < -0.3 is 20.4 Å². The van der Waals surface area contributed by atoms with Gasteiger partial charge in [0.25, 0.3) is 5.91 Å². The first kappa shape index (κ1) is 26.1. The molecule has 0 unspecified atom stereocenters. The third kappa shape index (κ3) is 5.24. The Kier molecular flexibility index (Phi) is 6.89. The lowest BCUT2D eigenvalue weighted by molar-refractivity contribution is 0.0947. The Morgan fingerprint density at radius 2 is 1.85 bits per heavy atom. The van der Waals surface area contributed by atoms with E-state index in [0.717, 1.165) is 22.8 Å². The molecule has 198 valence electrons. The molecule has 9 nitrogen and oxygen atoms in total. The van der Waals surface area contributed by atoms with Gasteiger partial charge in [0.05, 0.1) is 35.0 Å². The van der Waals surface area contributed by atoms with E-state index < -0.39 is 18.9 Å². The van der Waals surface area contributed by atoms with Crippen LogP contribution >= 0.6 is 7.14 Å². The van der Waals surface area contributed by atoms with Crippen LogP contribution in [-0.2, 0) is 11.1 Å². The van der Waals surface area contributed by atoms with Crippen molar-refractivity contribution in [3.63, 3.8) is 0 Å². The predicted octanol–water partition coefficient (Wildman–Crippen LogP) is 4.59. The summed E-state index contributed by atoms with van der Waals surface area (Å²) in [7, 11) is -0.993. The quantitative estimate of drug-likeness (QED) is 0.255. The molecule has 39 heavy (non-hydrogen) atoms. The summed E-state index contributed by atoms with van der Waals surface area (Å²) >= 11 is 0. The minimum Gasteiger partial charge on any atom is -0.496 e. The number of fused-ring (bicyclic) bond motifs is 1. The number of nitrogen functional groups attached to an aromatic ring is 1. The lowest BCUT2D eigenvalue weighted by atomic mass is 10.0. The zero-order valence-electron chi connectivity index (χ0n) is 21.5. The lowest BCUT2D eigenvalue weighted by Crippen LogP contribution is -2.23. The van der Waals surface area contributed by atoms with Crippen molar-refractivity contribution >= 4 is 35.1 Å². The largest absolute Gasteiger partial charge is 0.496 e. The van der Waals surface area contributed by atoms with Crippen LogP contribution in [0.3, 0.4) is 0 Å². The molecule has 0 aliphatic rings. The molecule has 0 spiro atoms. The SMILES string of the molecule is COc1ccc(F)cc1C(=O)NCc1ccc(-c2ncc(-c3ccc(P(C)(C)=O)cn3)c3[nH]nc(N)c23)cc1. The second-order valence-corrected chi connectivity index (χ2v) is 12.6. The number of hydrogen-bond donors (Lipinski definition) is 3. The number of aromatic nitrogens is 4. The molecule has 3 heterocycles. The van der Waals surface area contributed by atoms with Gasteiger partial charge in [-0.2, -0.15) is 5.10 Å². The van der Waals surface area contributed by atoms with Crippen molar-refractivity contribution in [2.75, 3.05) is 26.2 Å². The molecule has 5 rings (SSSR count). The van der Waals surface area contributed by atoms with E-state index in [9.17, 15) is 13.8 Å². The van der Waals surface area contributed by atoms with Crippen molar-refractivity contribution in [2.24, 2.45) is 0 Å². The Labute approximate surface area is 224 Å². The van der Waals surface area contributed by atoms with Gasteiger partial charge in [-0.1, -0.05) is 24.3 Å². The molecule has 0 aliphatic heterocycles. The molecule has 3 aromatic heterocycles. The first-order valence-corrected chi connectivity index (χ1v) is 14.6. The summed E-state index contributed by atoms with van der Waals surface area (Å²) in [6, 6.07) is 14.9. The topological polar surface area (TPSA) is 136 Å². The minimum absolute atomic E-state index is 0.124. The van der Waals surface area contributed by atoms with E-state index >= 15 is 0 Å². The first-order valence-electron chi connectivity index (χ1n) is 12.0. The first-order chi connectivity index (χ1) is 18.7. The van der Waals surface area contributed by atoms with E-state index in [1.807, 2.05) is 36.4 Å². The van der Waals surface area contributed by atoms with Gasteiger partial charge in [0.15, 0.2) is 5.82 Å². The Balaban J connectivity index is 1.39. The Bertz CT molecular complexity index is 1730. The van der Waals surface area contributed by atoms with Crippen molar-refractivity contribution in [2.45, 2.75) is 6.54 Å². The van der Waals surface area contributed by atoms with Gasteiger partial charge in [-0.3, -0.25) is 19.9 Å². The number of H-pyrrole nitrogens is 1. The van der Waals surface area contributed by atoms with E-state index in [1.165, 1.54) is 19.2 Å². The number of anilines is 1. The molecule has 0 bridgehead atoms. The second kappa shape index (κ2) is 10.3. The van der Waals surface area contributed by atoms with E-state index in [2.05, 4.69) is 25.5 Å². The maximum atomic E-state index is 13.6. The number of rotatable bonds is 7. The molecule has 0 atom stereocenters. The number of nitrogens with zero attached hydrogens (tertiary/aromatic N) is 3. The number of nitrogens with two attached hydrogens (primary N) is 1. The van der Waals surface area contributed by atoms with Crippen molar-refractivity contribution < 1.29 is 18.5 Å². The van der Waals surface area contributed by atoms with Crippen LogP contribution in [0.5, 0.6) is 5.75 Å². The van der Waals surface area contributed by atoms with Gasteiger partial charge >= 0.3 is 0 Å². The number of carbonyl (C=O) groups excluding carboxylic acids is 1. The molecule has 4 N–H and O–H groups in total. The molecule has 0 saturated carbocycles. The fraction of sp³-hybridized carbons (Fsp3) is 0.143. The number of halogens is 1. The van der Waals surface area contributed by atoms with Crippen LogP contribution in [0.2, 0.25) is 0 Å². The van der Waals surface area contributed by atoms with Crippen molar-refractivity contribution in [3.8, 4) is 28.3 Å². The summed E-state index contributed by atoms with van der Waals surface area (Å²) < 4.78 is 31.2. The summed E-state index contributed by atoms with van der Waals surface area (Å²) in [6.45, 7) is 3.64. The van der Waals surface area contributed by atoms with Crippen LogP contribution in [0.25, 0.3) is 33.4 Å². The van der Waals surface area contributed by atoms with Crippen LogP contribution in [0.1, 0.15) is 15.9 Å². The van der Waals surface area contributed by atoms with Crippen LogP contribution in [0.15, 0.2) is 67.0 Å². The second-order valence-electron chi connectivity index (χ2n) is 9.36. The zero-order valence-corrected chi connectivity index (χ0v) is 22.4. The summed E-state index contributed by atoms with van der Waals surface area (Å²) in [5.41, 5.74) is 10.7. The van der Waals surface area contributed by atoms with E-state index in [1.54, 1.807) is 25.7 Å². The van der Waals surface area contributed by atoms with Crippen LogP contribution < -0.4 is 21.1 Å². The van der Waals surface area contributed by atoms with Gasteiger partial charge in [0.2, 0.25) is 0 Å². The summed E-state index contributed by atoms with van der Waals surface area (Å²) in [5, 5.41) is 11.3. The van der Waals surface area contributed by atoms with Gasteiger partial charge in [-0.25, -0.2) is 4.39 Å². The summed E-state index contributed by atoms with van der Waals surface area (Å²) in [5.74, 6) is -0.364. The highest BCUT2D eigenvalue weighted by atomic mass is 31.2. The van der Waals surface area contributed by atoms with Gasteiger partial charge in [-0.05, 0) is 49.2 Å². The number of pyridine rings is 2. The van der Waals surface area contributed by atoms with Gasteiger partial charge in [0.1, 0.15) is 18.7 Å². The van der Waals surface area contributed by atoms with Crippen molar-refractivity contribution in [3.05, 3.63) is 83.9 Å². The highest BCUT2D eigenvalue weighted by molar-refractivity contribution is 7.70. The number of methoxy groups -OCH3 is 1. The average Bonchev–Trinajstić information content (AvgIpc) is 3.32. The molecule has 1 amide bonds. The highest BCUT2D eigenvalue weighted by Crippen LogP contribution is 2.37. The molecule has 11 heteroatoms. The zero-order chi connectivity index (χ0) is 27.7. The number of hydrogen-bond acceptors (Lipinski definition) is 7. The maximum Gasteiger partial charge on any atom is 0.255 e. The number of carbonyl (C=O) groups is 1. The molecular formula is C28H26FN6O3P. The number of nitrogens with one attached hydrogen (secondary N) is 2. The lowest BCUT2D eigenvalue weighted by Gasteiger charge is -2.11. The fourth-order valence-electron chi connectivity index (χ4n) is 4.24. The third-order valence-electron chi connectivity index (χ3n) is 6.36. The summed E-state index contributed by atoms with van der Waals surface area (Å²) in [4.78, 5) is 21.8. The molecule has 0 saturated heterocycles. The Morgan fingerprint density at radius 1 is 1.08 bits per heavy atom. The highest BCUT2D eigenvalue weighted by Gasteiger charge is 2.18. The molecule has 5 aromatic rings. The molecule has 2 aromatic carbocycles. The van der Waals surface area contributed by atoms with E-state index in [4.69, 9.17) is 10.5 Å². The predicted molar refractivity (Wildman–Crippen MR) is 150 cm³/mol. The number of benzene rings is 2. The Morgan fingerprint density at radius 3 is 2.51 bits per heavy atom. The minimum atomic E-state index is -2.42. The van der Waals surface area contributed by atoms with E-state index in [-0.39, 0.29) is 12.1 Å². The number of aromatic amines is 1. The third-order valence-corrected chi connectivity index (χ3v) is 7.86. The maximum absolute atomic E-state index is 13.6. The van der Waals surface area contributed by atoms with Gasteiger partial charge in [0, 0.05) is 35.4 Å². The summed E-state index contributed by atoms with van der Waals surface area (Å²) in [6.07, 6.45) is 3.33. The monoisotopic (exact) mass is 544 g/mol. The molecular weight excluding hydrogens is 518 g/mol. The van der Waals surface area contributed by atoms with Crippen LogP contribution in [0, 0.1) is 5.82 Å². The van der Waals surface area contributed by atoms with E-state index in [0.29, 0.717) is 39.2 Å². The molecule has 0 aliphatic carbocycles. The van der Waals surface area contributed by atoms with Crippen molar-refractivity contribution in [1.29, 1.82) is 0 Å². The Hall–Kier alpha value is -4.56. The van der Waals surface area contributed by atoms with Crippen LogP contribution in [-0.4, -0.2) is 46.5 Å². The fourth-order valence-corrected chi connectivity index (χ4v) is 5.01. The smallest absolute Gasteiger partial charge is 0.255 e. The molecule has 0 radical (unpaired) electrons. The van der Waals surface area contributed by atoms with Crippen LogP contribution in [0.4, 0.5) is 10.2 Å². The van der Waals surface area contributed by atoms with Crippen molar-refractivity contribution in [1.82, 2.24) is 25.5 Å².